The lowest BCUT2D eigenvalue weighted by Gasteiger charge is -2.37. The SMILES string of the molecule is COc1ccc2c(c1)C(=O)CC(O)(C(F)(F)C(F)F)O2. The topological polar surface area (TPSA) is 55.8 Å². The molecule has 4 nitrogen and oxygen atoms in total. The second-order valence-electron chi connectivity index (χ2n) is 4.27. The van der Waals surface area contributed by atoms with Gasteiger partial charge in [0.1, 0.15) is 11.5 Å². The molecule has 0 saturated heterocycles. The number of Topliss-reactive ketones (excluding diaryl/α,β-unsaturated/α-hetero) is 1. The van der Waals surface area contributed by atoms with Gasteiger partial charge in [-0.2, -0.15) is 8.78 Å². The van der Waals surface area contributed by atoms with E-state index in [-0.39, 0.29) is 11.3 Å². The lowest BCUT2D eigenvalue weighted by Crippen LogP contribution is -2.59. The van der Waals surface area contributed by atoms with E-state index in [9.17, 15) is 27.5 Å². The van der Waals surface area contributed by atoms with Gasteiger partial charge in [-0.3, -0.25) is 4.79 Å². The van der Waals surface area contributed by atoms with Gasteiger partial charge in [-0.15, -0.1) is 0 Å². The van der Waals surface area contributed by atoms with Crippen LogP contribution in [0, 0.1) is 0 Å². The smallest absolute Gasteiger partial charge is 0.371 e. The summed E-state index contributed by atoms with van der Waals surface area (Å²) < 4.78 is 60.8. The molecule has 1 aromatic carbocycles. The van der Waals surface area contributed by atoms with Gasteiger partial charge in [0.25, 0.3) is 5.79 Å². The fraction of sp³-hybridized carbons (Fsp3) is 0.417. The Kier molecular flexibility index (Phi) is 3.37. The van der Waals surface area contributed by atoms with Crippen LogP contribution in [-0.2, 0) is 0 Å². The van der Waals surface area contributed by atoms with Gasteiger partial charge in [0.2, 0.25) is 0 Å². The molecule has 1 heterocycles. The Balaban J connectivity index is 2.44. The summed E-state index contributed by atoms with van der Waals surface area (Å²) in [6.45, 7) is 0. The van der Waals surface area contributed by atoms with Crippen molar-refractivity contribution >= 4 is 5.78 Å². The van der Waals surface area contributed by atoms with E-state index in [0.717, 1.165) is 6.07 Å². The molecule has 1 aliphatic heterocycles. The molecule has 1 aromatic rings. The number of fused-ring (bicyclic) bond motifs is 1. The number of carbonyl (C=O) groups excluding carboxylic acids is 1. The second kappa shape index (κ2) is 4.62. The summed E-state index contributed by atoms with van der Waals surface area (Å²) in [5, 5.41) is 9.61. The number of alkyl halides is 4. The number of methoxy groups -OCH3 is 1. The van der Waals surface area contributed by atoms with Gasteiger partial charge >= 0.3 is 12.3 Å². The average Bonchev–Trinajstić information content (AvgIpc) is 2.38. The molecule has 20 heavy (non-hydrogen) atoms. The number of benzene rings is 1. The number of ketones is 1. The van der Waals surface area contributed by atoms with Crippen LogP contribution in [0.25, 0.3) is 0 Å². The highest BCUT2D eigenvalue weighted by atomic mass is 19.3. The van der Waals surface area contributed by atoms with E-state index in [1.54, 1.807) is 0 Å². The van der Waals surface area contributed by atoms with Crippen LogP contribution in [0.5, 0.6) is 11.5 Å². The van der Waals surface area contributed by atoms with Crippen LogP contribution < -0.4 is 9.47 Å². The summed E-state index contributed by atoms with van der Waals surface area (Å²) >= 11 is 0. The summed E-state index contributed by atoms with van der Waals surface area (Å²) in [5.74, 6) is -9.51. The number of rotatable bonds is 3. The van der Waals surface area contributed by atoms with Crippen molar-refractivity contribution in [3.8, 4) is 11.5 Å². The Bertz CT molecular complexity index is 546. The highest BCUT2D eigenvalue weighted by molar-refractivity contribution is 6.00. The molecule has 1 N–H and O–H groups in total. The Morgan fingerprint density at radius 1 is 1.45 bits per heavy atom. The van der Waals surface area contributed by atoms with Gasteiger partial charge in [0.05, 0.1) is 19.1 Å². The van der Waals surface area contributed by atoms with Crippen LogP contribution in [0.2, 0.25) is 0 Å². The molecule has 0 spiro atoms. The van der Waals surface area contributed by atoms with Gasteiger partial charge < -0.3 is 14.6 Å². The number of hydrogen-bond donors (Lipinski definition) is 1. The third kappa shape index (κ3) is 2.09. The molecule has 0 saturated carbocycles. The number of aliphatic hydroxyl groups is 1. The van der Waals surface area contributed by atoms with Gasteiger partial charge in [-0.1, -0.05) is 0 Å². The Labute approximate surface area is 110 Å². The molecule has 110 valence electrons. The maximum absolute atomic E-state index is 13.3. The first-order valence-electron chi connectivity index (χ1n) is 5.50. The minimum atomic E-state index is -4.87. The van der Waals surface area contributed by atoms with E-state index in [2.05, 4.69) is 4.74 Å². The first-order valence-corrected chi connectivity index (χ1v) is 5.50. The summed E-state index contributed by atoms with van der Waals surface area (Å²) in [6.07, 6.45) is -5.44. The highest BCUT2D eigenvalue weighted by Gasteiger charge is 2.64. The fourth-order valence-electron chi connectivity index (χ4n) is 1.83. The lowest BCUT2D eigenvalue weighted by molar-refractivity contribution is -0.316. The Hall–Kier alpha value is -1.83. The summed E-state index contributed by atoms with van der Waals surface area (Å²) in [6, 6.07) is 3.61. The molecule has 0 fully saturated rings. The monoisotopic (exact) mass is 294 g/mol. The minimum Gasteiger partial charge on any atom is -0.497 e. The average molecular weight is 294 g/mol. The molecular weight excluding hydrogens is 284 g/mol. The van der Waals surface area contributed by atoms with Crippen molar-refractivity contribution < 1.29 is 36.9 Å². The third-order valence-electron chi connectivity index (χ3n) is 2.96. The van der Waals surface area contributed by atoms with Crippen LogP contribution in [0.15, 0.2) is 18.2 Å². The van der Waals surface area contributed by atoms with E-state index in [4.69, 9.17) is 4.74 Å². The normalized spacial score (nSPS) is 22.4. The zero-order valence-electron chi connectivity index (χ0n) is 10.2. The third-order valence-corrected chi connectivity index (χ3v) is 2.96. The Morgan fingerprint density at radius 2 is 2.10 bits per heavy atom. The molecule has 8 heteroatoms. The van der Waals surface area contributed by atoms with Crippen LogP contribution >= 0.6 is 0 Å². The van der Waals surface area contributed by atoms with Crippen LogP contribution in [0.3, 0.4) is 0 Å². The number of hydrogen-bond acceptors (Lipinski definition) is 4. The predicted octanol–water partition coefficient (Wildman–Crippen LogP) is 2.25. The van der Waals surface area contributed by atoms with Gasteiger partial charge in [-0.05, 0) is 18.2 Å². The number of halogens is 4. The maximum atomic E-state index is 13.3. The number of ether oxygens (including phenoxy) is 2. The zero-order chi connectivity index (χ0) is 15.1. The van der Waals surface area contributed by atoms with Crippen molar-refractivity contribution in [1.29, 1.82) is 0 Å². The highest BCUT2D eigenvalue weighted by Crippen LogP contribution is 2.44. The first-order chi connectivity index (χ1) is 9.21. The Morgan fingerprint density at radius 3 is 2.65 bits per heavy atom. The summed E-state index contributed by atoms with van der Waals surface area (Å²) in [7, 11) is 1.33. The standard InChI is InChI=1S/C12H10F4O4/c1-19-6-2-3-9-7(4-6)8(17)5-11(18,20-9)12(15,16)10(13)14/h2-4,10,18H,5H2,1H3. The van der Waals surface area contributed by atoms with E-state index < -0.39 is 36.1 Å². The van der Waals surface area contributed by atoms with Crippen molar-refractivity contribution in [2.75, 3.05) is 7.11 Å². The van der Waals surface area contributed by atoms with Gasteiger partial charge in [0.15, 0.2) is 5.78 Å². The van der Waals surface area contributed by atoms with E-state index in [0.29, 0.717) is 0 Å². The largest absolute Gasteiger partial charge is 0.497 e. The zero-order valence-corrected chi connectivity index (χ0v) is 10.2. The fourth-order valence-corrected chi connectivity index (χ4v) is 1.83. The quantitative estimate of drug-likeness (QED) is 0.869. The van der Waals surface area contributed by atoms with Crippen LogP contribution in [0.1, 0.15) is 16.8 Å². The second-order valence-corrected chi connectivity index (χ2v) is 4.27. The molecule has 0 aromatic heterocycles. The van der Waals surface area contributed by atoms with E-state index >= 15 is 0 Å². The number of carbonyl (C=O) groups is 1. The molecule has 0 radical (unpaired) electrons. The van der Waals surface area contributed by atoms with Crippen LogP contribution in [0.4, 0.5) is 17.6 Å². The predicted molar refractivity (Wildman–Crippen MR) is 58.5 cm³/mol. The molecule has 0 amide bonds. The molecule has 0 bridgehead atoms. The van der Waals surface area contributed by atoms with E-state index in [1.165, 1.54) is 19.2 Å². The maximum Gasteiger partial charge on any atom is 0.371 e. The van der Waals surface area contributed by atoms with Crippen LogP contribution in [-0.4, -0.2) is 36.1 Å². The molecule has 1 unspecified atom stereocenters. The van der Waals surface area contributed by atoms with Crippen molar-refractivity contribution in [2.45, 2.75) is 24.6 Å². The summed E-state index contributed by atoms with van der Waals surface area (Å²) in [4.78, 5) is 11.8. The lowest BCUT2D eigenvalue weighted by atomic mass is 9.94. The molecule has 0 aliphatic carbocycles. The van der Waals surface area contributed by atoms with Gasteiger partial charge in [0, 0.05) is 0 Å². The van der Waals surface area contributed by atoms with Crippen molar-refractivity contribution in [3.05, 3.63) is 23.8 Å². The van der Waals surface area contributed by atoms with Gasteiger partial charge in [-0.25, -0.2) is 8.78 Å². The first kappa shape index (κ1) is 14.6. The summed E-state index contributed by atoms with van der Waals surface area (Å²) in [5.41, 5.74) is -0.112. The van der Waals surface area contributed by atoms with E-state index in [1.807, 2.05) is 0 Å². The molecule has 2 rings (SSSR count). The van der Waals surface area contributed by atoms with Crippen molar-refractivity contribution in [2.24, 2.45) is 0 Å². The van der Waals surface area contributed by atoms with Crippen molar-refractivity contribution in [1.82, 2.24) is 0 Å². The minimum absolute atomic E-state index is 0.112. The molecule has 1 atom stereocenters. The molecule has 1 aliphatic rings. The molecular formula is C12H10F4O4. The van der Waals surface area contributed by atoms with Crippen molar-refractivity contribution in [3.63, 3.8) is 0 Å².